The second kappa shape index (κ2) is 17.5. The highest BCUT2D eigenvalue weighted by Crippen LogP contribution is 2.27. The topological polar surface area (TPSA) is 177 Å². The molecule has 2 heterocycles. The Morgan fingerprint density at radius 1 is 0.920 bits per heavy atom. The molecular formula is C33H34BrN5O10S. The molecule has 1 amide bonds. The number of benzene rings is 2. The summed E-state index contributed by atoms with van der Waals surface area (Å²) < 4.78 is 30.3. The Labute approximate surface area is 299 Å². The monoisotopic (exact) mass is 771 g/mol. The Hall–Kier alpha value is -5.16. The lowest BCUT2D eigenvalue weighted by atomic mass is 10.1. The molecule has 0 aliphatic carbocycles. The van der Waals surface area contributed by atoms with Crippen LogP contribution in [-0.2, 0) is 54.2 Å². The van der Waals surface area contributed by atoms with Gasteiger partial charge in [0.2, 0.25) is 22.8 Å². The summed E-state index contributed by atoms with van der Waals surface area (Å²) >= 11 is 4.72. The molecule has 17 heteroatoms. The number of halogens is 1. The van der Waals surface area contributed by atoms with Gasteiger partial charge in [0.05, 0.1) is 11.9 Å². The second-order valence-electron chi connectivity index (χ2n) is 10.7. The SMILES string of the molecule is CC(=O)OC[C@@H](OC(C)=O)[C@H](OC(C)=O)[C@@H](OC(C)=O)C1OC(Cn2c(-c3ccccc3)cs/c2=N/N=C/c2ccc(Br)cc2)=NN1C(C)=O. The first-order chi connectivity index (χ1) is 23.8. The van der Waals surface area contributed by atoms with Gasteiger partial charge in [0.1, 0.15) is 13.2 Å². The van der Waals surface area contributed by atoms with Gasteiger partial charge in [-0.05, 0) is 23.3 Å². The zero-order valence-corrected chi connectivity index (χ0v) is 30.1. The van der Waals surface area contributed by atoms with Gasteiger partial charge in [-0.1, -0.05) is 58.4 Å². The van der Waals surface area contributed by atoms with Gasteiger partial charge < -0.3 is 28.3 Å². The minimum Gasteiger partial charge on any atom is -0.462 e. The molecule has 264 valence electrons. The number of ether oxygens (including phenoxy) is 5. The van der Waals surface area contributed by atoms with Crippen LogP contribution in [0.1, 0.15) is 40.2 Å². The Morgan fingerprint density at radius 3 is 2.18 bits per heavy atom. The molecule has 1 aliphatic rings. The molecule has 4 rings (SSSR count). The van der Waals surface area contributed by atoms with Crippen molar-refractivity contribution in [1.82, 2.24) is 9.58 Å². The second-order valence-corrected chi connectivity index (χ2v) is 12.5. The van der Waals surface area contributed by atoms with Crippen LogP contribution in [-0.4, -0.2) is 82.6 Å². The molecule has 1 aliphatic heterocycles. The third kappa shape index (κ3) is 10.4. The molecule has 0 saturated heterocycles. The zero-order valence-electron chi connectivity index (χ0n) is 27.7. The van der Waals surface area contributed by atoms with Crippen molar-refractivity contribution in [1.29, 1.82) is 0 Å². The van der Waals surface area contributed by atoms with Gasteiger partial charge in [-0.15, -0.1) is 21.5 Å². The molecule has 0 radical (unpaired) electrons. The van der Waals surface area contributed by atoms with Gasteiger partial charge >= 0.3 is 23.9 Å². The molecule has 1 unspecified atom stereocenters. The van der Waals surface area contributed by atoms with Crippen molar-refractivity contribution in [2.75, 3.05) is 6.61 Å². The summed E-state index contributed by atoms with van der Waals surface area (Å²) in [4.78, 5) is 61.8. The minimum absolute atomic E-state index is 0.00173. The van der Waals surface area contributed by atoms with Gasteiger partial charge in [-0.2, -0.15) is 10.1 Å². The number of aromatic nitrogens is 1. The van der Waals surface area contributed by atoms with E-state index in [1.165, 1.54) is 18.3 Å². The number of nitrogens with zero attached hydrogens (tertiary/aromatic N) is 5. The highest BCUT2D eigenvalue weighted by molar-refractivity contribution is 9.10. The van der Waals surface area contributed by atoms with E-state index < -0.39 is 60.9 Å². The van der Waals surface area contributed by atoms with Crippen LogP contribution in [0.25, 0.3) is 11.3 Å². The maximum absolute atomic E-state index is 12.9. The number of thiazole rings is 1. The first-order valence-corrected chi connectivity index (χ1v) is 16.7. The van der Waals surface area contributed by atoms with E-state index in [9.17, 15) is 24.0 Å². The first-order valence-electron chi connectivity index (χ1n) is 15.1. The molecule has 0 saturated carbocycles. The standard InChI is InChI=1S/C33H34BrN5O10S/c1-19(40)39-32(31(48-23(5)44)30(47-22(4)43)28(46-21(3)42)17-45-20(2)41)49-29(37-39)16-38-27(25-9-7-6-8-10-25)18-50-33(38)36-35-15-24-11-13-26(34)14-12-24/h6-15,18,28,30-32H,16-17H2,1-5H3/b35-15+,36-33+/t28-,30+,31-,32?/m1/s1. The van der Waals surface area contributed by atoms with E-state index in [-0.39, 0.29) is 12.4 Å². The molecule has 0 N–H and O–H groups in total. The van der Waals surface area contributed by atoms with Crippen molar-refractivity contribution in [3.05, 3.63) is 74.8 Å². The molecule has 15 nitrogen and oxygen atoms in total. The molecule has 2 aromatic carbocycles. The number of hydrogen-bond acceptors (Lipinski definition) is 14. The molecule has 0 spiro atoms. The maximum atomic E-state index is 12.9. The van der Waals surface area contributed by atoms with Crippen molar-refractivity contribution in [3.8, 4) is 11.3 Å². The molecule has 50 heavy (non-hydrogen) atoms. The molecule has 3 aromatic rings. The number of esters is 4. The Bertz CT molecular complexity index is 1840. The van der Waals surface area contributed by atoms with Crippen LogP contribution >= 0.6 is 27.3 Å². The number of rotatable bonds is 13. The van der Waals surface area contributed by atoms with Crippen molar-refractivity contribution in [2.24, 2.45) is 15.3 Å². The van der Waals surface area contributed by atoms with Crippen molar-refractivity contribution in [2.45, 2.75) is 65.7 Å². The van der Waals surface area contributed by atoms with E-state index in [0.717, 1.165) is 54.0 Å². The van der Waals surface area contributed by atoms with Crippen molar-refractivity contribution >= 4 is 69.2 Å². The van der Waals surface area contributed by atoms with E-state index >= 15 is 0 Å². The third-order valence-corrected chi connectivity index (χ3v) is 8.15. The average molecular weight is 773 g/mol. The normalized spacial score (nSPS) is 16.2. The van der Waals surface area contributed by atoms with Crippen LogP contribution in [0, 0.1) is 0 Å². The summed E-state index contributed by atoms with van der Waals surface area (Å²) in [6.45, 7) is 4.98. The van der Waals surface area contributed by atoms with Crippen LogP contribution in [0.5, 0.6) is 0 Å². The van der Waals surface area contributed by atoms with Gasteiger partial charge in [0, 0.05) is 44.5 Å². The van der Waals surface area contributed by atoms with Crippen molar-refractivity contribution < 1.29 is 47.7 Å². The molecule has 1 aromatic heterocycles. The van der Waals surface area contributed by atoms with E-state index in [2.05, 4.69) is 31.2 Å². The predicted octanol–water partition coefficient (Wildman–Crippen LogP) is 3.79. The summed E-state index contributed by atoms with van der Waals surface area (Å²) in [5.74, 6) is -3.83. The number of hydrogen-bond donors (Lipinski definition) is 0. The van der Waals surface area contributed by atoms with E-state index in [4.69, 9.17) is 23.7 Å². The number of hydrazone groups is 1. The fraction of sp³-hybridized carbons (Fsp3) is 0.333. The fourth-order valence-corrected chi connectivity index (χ4v) is 5.91. The van der Waals surface area contributed by atoms with Crippen LogP contribution in [0.3, 0.4) is 0 Å². The average Bonchev–Trinajstić information content (AvgIpc) is 3.66. The van der Waals surface area contributed by atoms with E-state index in [0.29, 0.717) is 4.80 Å². The van der Waals surface area contributed by atoms with Gasteiger partial charge in [-0.3, -0.25) is 24.0 Å². The first kappa shape index (κ1) is 37.7. The lowest BCUT2D eigenvalue weighted by Gasteiger charge is -2.35. The van der Waals surface area contributed by atoms with Crippen LogP contribution in [0.4, 0.5) is 0 Å². The van der Waals surface area contributed by atoms with Crippen molar-refractivity contribution in [3.63, 3.8) is 0 Å². The molecule has 0 fully saturated rings. The zero-order chi connectivity index (χ0) is 36.4. The highest BCUT2D eigenvalue weighted by Gasteiger charge is 2.49. The lowest BCUT2D eigenvalue weighted by Crippen LogP contribution is -2.56. The summed E-state index contributed by atoms with van der Waals surface area (Å²) in [6, 6.07) is 17.0. The number of amides is 1. The van der Waals surface area contributed by atoms with Gasteiger partial charge in [-0.25, -0.2) is 0 Å². The molecule has 0 bridgehead atoms. The van der Waals surface area contributed by atoms with Crippen LogP contribution in [0.2, 0.25) is 0 Å². The highest BCUT2D eigenvalue weighted by atomic mass is 79.9. The van der Waals surface area contributed by atoms with Crippen LogP contribution < -0.4 is 4.80 Å². The number of carbonyl (C=O) groups excluding carboxylic acids is 5. The Balaban J connectivity index is 1.74. The Morgan fingerprint density at radius 2 is 1.58 bits per heavy atom. The third-order valence-electron chi connectivity index (χ3n) is 6.76. The van der Waals surface area contributed by atoms with E-state index in [1.54, 1.807) is 10.8 Å². The van der Waals surface area contributed by atoms with Crippen LogP contribution in [0.15, 0.2) is 79.8 Å². The molecule has 4 atom stereocenters. The maximum Gasteiger partial charge on any atom is 0.303 e. The largest absolute Gasteiger partial charge is 0.462 e. The summed E-state index contributed by atoms with van der Waals surface area (Å²) in [7, 11) is 0. The fourth-order valence-electron chi connectivity index (χ4n) is 4.78. The Kier molecular flexibility index (Phi) is 13.2. The summed E-state index contributed by atoms with van der Waals surface area (Å²) in [6.07, 6.45) is -4.57. The summed E-state index contributed by atoms with van der Waals surface area (Å²) in [5.41, 5.74) is 2.41. The van der Waals surface area contributed by atoms with Gasteiger partial charge in [0.25, 0.3) is 0 Å². The van der Waals surface area contributed by atoms with E-state index in [1.807, 2.05) is 60.0 Å². The number of carbonyl (C=O) groups is 5. The lowest BCUT2D eigenvalue weighted by molar-refractivity contribution is -0.205. The minimum atomic E-state index is -1.61. The summed E-state index contributed by atoms with van der Waals surface area (Å²) in [5, 5.41) is 15.9. The quantitative estimate of drug-likeness (QED) is 0.108. The smallest absolute Gasteiger partial charge is 0.303 e. The molecular weight excluding hydrogens is 738 g/mol. The van der Waals surface area contributed by atoms with Gasteiger partial charge in [0.15, 0.2) is 18.3 Å². The predicted molar refractivity (Wildman–Crippen MR) is 183 cm³/mol.